The summed E-state index contributed by atoms with van der Waals surface area (Å²) in [5.74, 6) is 0. The molecule has 0 amide bonds. The summed E-state index contributed by atoms with van der Waals surface area (Å²) >= 11 is 0. The first-order valence-corrected chi connectivity index (χ1v) is 6.39. The Morgan fingerprint density at radius 1 is 1.22 bits per heavy atom. The van der Waals surface area contributed by atoms with Gasteiger partial charge in [-0.1, -0.05) is 24.3 Å². The number of H-pyrrole nitrogens is 1. The zero-order valence-electron chi connectivity index (χ0n) is 11.5. The van der Waals surface area contributed by atoms with Crippen LogP contribution in [0.15, 0.2) is 24.3 Å². The maximum atomic E-state index is 4.22. The van der Waals surface area contributed by atoms with E-state index in [4.69, 9.17) is 0 Å². The van der Waals surface area contributed by atoms with Crippen LogP contribution in [-0.4, -0.2) is 10.2 Å². The molecule has 96 valence electrons. The summed E-state index contributed by atoms with van der Waals surface area (Å²) in [5, 5.41) is 10.8. The van der Waals surface area contributed by atoms with Crippen LogP contribution in [0, 0.1) is 20.8 Å². The van der Waals surface area contributed by atoms with Crippen LogP contribution in [0.1, 0.15) is 41.0 Å². The molecule has 0 radical (unpaired) electrons. The fourth-order valence-electron chi connectivity index (χ4n) is 2.27. The van der Waals surface area contributed by atoms with Gasteiger partial charge in [-0.25, -0.2) is 0 Å². The van der Waals surface area contributed by atoms with Crippen molar-refractivity contribution in [3.05, 3.63) is 52.3 Å². The number of hydrogen-bond acceptors (Lipinski definition) is 2. The molecular formula is C15H21N3. The first kappa shape index (κ1) is 12.8. The van der Waals surface area contributed by atoms with E-state index in [0.29, 0.717) is 6.04 Å². The molecule has 0 fully saturated rings. The molecule has 0 aliphatic rings. The number of aryl methyl sites for hydroxylation is 3. The highest BCUT2D eigenvalue weighted by Gasteiger charge is 2.10. The normalized spacial score (nSPS) is 12.7. The zero-order chi connectivity index (χ0) is 13.1. The summed E-state index contributed by atoms with van der Waals surface area (Å²) < 4.78 is 0. The van der Waals surface area contributed by atoms with E-state index in [1.54, 1.807) is 0 Å². The van der Waals surface area contributed by atoms with Gasteiger partial charge in [0.15, 0.2) is 0 Å². The van der Waals surface area contributed by atoms with Crippen molar-refractivity contribution < 1.29 is 0 Å². The van der Waals surface area contributed by atoms with Gasteiger partial charge in [0, 0.05) is 23.8 Å². The Morgan fingerprint density at radius 3 is 2.56 bits per heavy atom. The number of benzene rings is 1. The summed E-state index contributed by atoms with van der Waals surface area (Å²) in [4.78, 5) is 0. The second kappa shape index (κ2) is 5.36. The third-order valence-corrected chi connectivity index (χ3v) is 3.52. The van der Waals surface area contributed by atoms with Crippen molar-refractivity contribution >= 4 is 0 Å². The van der Waals surface area contributed by atoms with E-state index in [9.17, 15) is 0 Å². The number of rotatable bonds is 4. The predicted octanol–water partition coefficient (Wildman–Crippen LogP) is 3.19. The van der Waals surface area contributed by atoms with Crippen molar-refractivity contribution in [2.75, 3.05) is 0 Å². The number of aromatic nitrogens is 2. The van der Waals surface area contributed by atoms with E-state index in [-0.39, 0.29) is 0 Å². The minimum Gasteiger partial charge on any atom is -0.306 e. The highest BCUT2D eigenvalue weighted by molar-refractivity contribution is 5.29. The molecule has 2 rings (SSSR count). The van der Waals surface area contributed by atoms with Crippen molar-refractivity contribution in [3.8, 4) is 0 Å². The average molecular weight is 243 g/mol. The topological polar surface area (TPSA) is 40.7 Å². The van der Waals surface area contributed by atoms with Crippen LogP contribution in [0.2, 0.25) is 0 Å². The molecular weight excluding hydrogens is 222 g/mol. The zero-order valence-corrected chi connectivity index (χ0v) is 11.5. The summed E-state index contributed by atoms with van der Waals surface area (Å²) in [5.41, 5.74) is 6.19. The fraction of sp³-hybridized carbons (Fsp3) is 0.400. The molecule has 18 heavy (non-hydrogen) atoms. The molecule has 0 saturated carbocycles. The summed E-state index contributed by atoms with van der Waals surface area (Å²) in [7, 11) is 0. The van der Waals surface area contributed by atoms with E-state index in [2.05, 4.69) is 60.6 Å². The van der Waals surface area contributed by atoms with Gasteiger partial charge in [0.05, 0.1) is 5.69 Å². The molecule has 2 N–H and O–H groups in total. The predicted molar refractivity (Wildman–Crippen MR) is 74.5 cm³/mol. The van der Waals surface area contributed by atoms with Crippen LogP contribution in [-0.2, 0) is 6.54 Å². The standard InChI is InChI=1S/C15H21N3/c1-10-7-5-6-8-14(10)11(2)16-9-15-12(3)17-18-13(15)4/h5-8,11,16H,9H2,1-4H3,(H,17,18)/t11-/m1/s1. The summed E-state index contributed by atoms with van der Waals surface area (Å²) in [6, 6.07) is 8.86. The van der Waals surface area contributed by atoms with Crippen molar-refractivity contribution in [2.45, 2.75) is 40.3 Å². The Hall–Kier alpha value is -1.61. The Labute approximate surface area is 109 Å². The first-order valence-electron chi connectivity index (χ1n) is 6.39. The number of nitrogens with zero attached hydrogens (tertiary/aromatic N) is 1. The quantitative estimate of drug-likeness (QED) is 0.866. The molecule has 0 aliphatic heterocycles. The molecule has 0 unspecified atom stereocenters. The minimum absolute atomic E-state index is 0.347. The Balaban J connectivity index is 2.05. The van der Waals surface area contributed by atoms with Crippen LogP contribution in [0.5, 0.6) is 0 Å². The van der Waals surface area contributed by atoms with Crippen LogP contribution < -0.4 is 5.32 Å². The number of nitrogens with one attached hydrogen (secondary N) is 2. The lowest BCUT2D eigenvalue weighted by Gasteiger charge is -2.16. The third-order valence-electron chi connectivity index (χ3n) is 3.52. The minimum atomic E-state index is 0.347. The second-order valence-electron chi connectivity index (χ2n) is 4.87. The lowest BCUT2D eigenvalue weighted by atomic mass is 10.0. The van der Waals surface area contributed by atoms with E-state index >= 15 is 0 Å². The monoisotopic (exact) mass is 243 g/mol. The van der Waals surface area contributed by atoms with Gasteiger partial charge < -0.3 is 5.32 Å². The highest BCUT2D eigenvalue weighted by atomic mass is 15.1. The maximum absolute atomic E-state index is 4.22. The molecule has 1 aromatic heterocycles. The second-order valence-corrected chi connectivity index (χ2v) is 4.87. The van der Waals surface area contributed by atoms with Crippen molar-refractivity contribution in [3.63, 3.8) is 0 Å². The summed E-state index contributed by atoms with van der Waals surface area (Å²) in [6.45, 7) is 9.31. The molecule has 1 atom stereocenters. The molecule has 0 spiro atoms. The first-order chi connectivity index (χ1) is 8.59. The van der Waals surface area contributed by atoms with E-state index < -0.39 is 0 Å². The summed E-state index contributed by atoms with van der Waals surface area (Å²) in [6.07, 6.45) is 0. The van der Waals surface area contributed by atoms with Gasteiger partial charge in [-0.15, -0.1) is 0 Å². The lowest BCUT2D eigenvalue weighted by molar-refractivity contribution is 0.570. The van der Waals surface area contributed by atoms with E-state index in [1.807, 2.05) is 6.92 Å². The smallest absolute Gasteiger partial charge is 0.0638 e. The van der Waals surface area contributed by atoms with Gasteiger partial charge >= 0.3 is 0 Å². The van der Waals surface area contributed by atoms with Crippen LogP contribution >= 0.6 is 0 Å². The van der Waals surface area contributed by atoms with Gasteiger partial charge in [0.1, 0.15) is 0 Å². The molecule has 0 bridgehead atoms. The van der Waals surface area contributed by atoms with Gasteiger partial charge in [0.25, 0.3) is 0 Å². The molecule has 1 heterocycles. The van der Waals surface area contributed by atoms with Crippen LogP contribution in [0.4, 0.5) is 0 Å². The molecule has 3 heteroatoms. The third kappa shape index (κ3) is 2.62. The van der Waals surface area contributed by atoms with E-state index in [0.717, 1.165) is 17.9 Å². The van der Waals surface area contributed by atoms with Crippen LogP contribution in [0.3, 0.4) is 0 Å². The SMILES string of the molecule is Cc1ccccc1[C@@H](C)NCc1c(C)n[nH]c1C. The Bertz CT molecular complexity index is 509. The van der Waals surface area contributed by atoms with Crippen molar-refractivity contribution in [2.24, 2.45) is 0 Å². The van der Waals surface area contributed by atoms with Crippen LogP contribution in [0.25, 0.3) is 0 Å². The lowest BCUT2D eigenvalue weighted by Crippen LogP contribution is -2.19. The molecule has 2 aromatic rings. The van der Waals surface area contributed by atoms with Gasteiger partial charge in [-0.2, -0.15) is 5.10 Å². The van der Waals surface area contributed by atoms with Crippen molar-refractivity contribution in [1.29, 1.82) is 0 Å². The number of hydrogen-bond donors (Lipinski definition) is 2. The largest absolute Gasteiger partial charge is 0.306 e. The molecule has 3 nitrogen and oxygen atoms in total. The van der Waals surface area contributed by atoms with Gasteiger partial charge in [0.2, 0.25) is 0 Å². The molecule has 1 aromatic carbocycles. The number of aromatic amines is 1. The average Bonchev–Trinajstić information content (AvgIpc) is 2.67. The molecule has 0 aliphatic carbocycles. The fourth-order valence-corrected chi connectivity index (χ4v) is 2.27. The Morgan fingerprint density at radius 2 is 1.94 bits per heavy atom. The molecule has 0 saturated heterocycles. The Kier molecular flexibility index (Phi) is 3.82. The van der Waals surface area contributed by atoms with Gasteiger partial charge in [-0.05, 0) is 38.8 Å². The van der Waals surface area contributed by atoms with E-state index in [1.165, 1.54) is 16.7 Å². The highest BCUT2D eigenvalue weighted by Crippen LogP contribution is 2.18. The maximum Gasteiger partial charge on any atom is 0.0638 e. The van der Waals surface area contributed by atoms with Crippen molar-refractivity contribution in [1.82, 2.24) is 15.5 Å². The van der Waals surface area contributed by atoms with Gasteiger partial charge in [-0.3, -0.25) is 5.10 Å².